The van der Waals surface area contributed by atoms with Crippen molar-refractivity contribution in [1.29, 1.82) is 0 Å². The largest absolute Gasteiger partial charge is 0.480 e. The van der Waals surface area contributed by atoms with Gasteiger partial charge in [-0.1, -0.05) is 12.1 Å². The summed E-state index contributed by atoms with van der Waals surface area (Å²) in [6.07, 6.45) is -0.0404. The second-order valence-electron chi connectivity index (χ2n) is 5.37. The predicted molar refractivity (Wildman–Crippen MR) is 82.6 cm³/mol. The average molecular weight is 335 g/mol. The summed E-state index contributed by atoms with van der Waals surface area (Å²) in [7, 11) is 0. The van der Waals surface area contributed by atoms with E-state index in [4.69, 9.17) is 5.11 Å². The summed E-state index contributed by atoms with van der Waals surface area (Å²) in [5.74, 6) is -2.06. The first-order valence-electron chi connectivity index (χ1n) is 7.40. The second-order valence-corrected chi connectivity index (χ2v) is 5.37. The molecule has 0 saturated carbocycles. The van der Waals surface area contributed by atoms with Crippen molar-refractivity contribution in [3.63, 3.8) is 0 Å². The predicted octanol–water partition coefficient (Wildman–Crippen LogP) is -0.848. The lowest BCUT2D eigenvalue weighted by Gasteiger charge is -2.38. The number of hydrogen-bond acceptors (Lipinski definition) is 4. The molecule has 0 radical (unpaired) electrons. The zero-order valence-electron chi connectivity index (χ0n) is 12.9. The van der Waals surface area contributed by atoms with Gasteiger partial charge in [-0.3, -0.25) is 19.3 Å². The fourth-order valence-electron chi connectivity index (χ4n) is 2.32. The summed E-state index contributed by atoms with van der Waals surface area (Å²) in [5, 5.41) is 13.3. The Labute approximate surface area is 137 Å². The Morgan fingerprint density at radius 3 is 2.46 bits per heavy atom. The molecule has 0 aromatic heterocycles. The number of anilines is 1. The van der Waals surface area contributed by atoms with Crippen molar-refractivity contribution in [1.82, 2.24) is 10.2 Å². The molecule has 0 spiro atoms. The molecular formula is C15H19N4O5+. The third-order valence-electron chi connectivity index (χ3n) is 3.61. The number of carboxylic acid groups (broad SMARTS) is 1. The van der Waals surface area contributed by atoms with Crippen molar-refractivity contribution in [3.05, 3.63) is 29.8 Å². The summed E-state index contributed by atoms with van der Waals surface area (Å²) < 4.78 is 0. The number of urea groups is 1. The average Bonchev–Trinajstić information content (AvgIpc) is 2.52. The summed E-state index contributed by atoms with van der Waals surface area (Å²) in [6.45, 7) is 0.136. The number of amides is 4. The number of carbonyl (C=O) groups is 4. The molecule has 1 aromatic carbocycles. The molecular weight excluding hydrogens is 316 g/mol. The smallest absolute Gasteiger partial charge is 0.328 e. The van der Waals surface area contributed by atoms with E-state index in [2.05, 4.69) is 16.4 Å². The molecule has 6 N–H and O–H groups in total. The van der Waals surface area contributed by atoms with Gasteiger partial charge in [-0.25, -0.2) is 4.79 Å². The van der Waals surface area contributed by atoms with Crippen LogP contribution in [0, 0.1) is 0 Å². The lowest BCUT2D eigenvalue weighted by atomic mass is 9.99. The number of quaternary nitrogens is 1. The van der Waals surface area contributed by atoms with Gasteiger partial charge < -0.3 is 21.5 Å². The standard InChI is InChI=1S/C15H18N4O5/c16-7-9-1-3-10(4-2-9)18-15(24)19-11(6-13(19)21)5-12(20)17-8-14(22)23/h1-4,11H,5-8,16H2,(H,17,20)(H,18,24)(H,22,23)/p+1. The summed E-state index contributed by atoms with van der Waals surface area (Å²) >= 11 is 0. The molecule has 9 heteroatoms. The quantitative estimate of drug-likeness (QED) is 0.501. The van der Waals surface area contributed by atoms with E-state index in [1.54, 1.807) is 12.1 Å². The second kappa shape index (κ2) is 7.55. The highest BCUT2D eigenvalue weighted by molar-refractivity contribution is 6.05. The topological polar surface area (TPSA) is 143 Å². The third-order valence-corrected chi connectivity index (χ3v) is 3.61. The van der Waals surface area contributed by atoms with Gasteiger partial charge in [-0.15, -0.1) is 0 Å². The molecule has 1 saturated heterocycles. The van der Waals surface area contributed by atoms with Gasteiger partial charge in [0, 0.05) is 24.1 Å². The molecule has 1 heterocycles. The molecule has 1 aromatic rings. The number of β-lactam (4-membered cyclic amide) rings is 1. The Bertz CT molecular complexity index is 658. The van der Waals surface area contributed by atoms with Gasteiger partial charge >= 0.3 is 12.0 Å². The number of rotatable bonds is 6. The number of nitrogens with one attached hydrogen (secondary N) is 2. The SMILES string of the molecule is [NH3+]Cc1ccc(NC(=O)N2C(=O)CC2CC(=O)NCC(=O)O)cc1. The van der Waals surface area contributed by atoms with E-state index in [1.807, 2.05) is 12.1 Å². The summed E-state index contributed by atoms with van der Waals surface area (Å²) in [6, 6.07) is 5.87. The number of aliphatic carboxylic acids is 1. The van der Waals surface area contributed by atoms with Crippen LogP contribution in [-0.2, 0) is 20.9 Å². The van der Waals surface area contributed by atoms with Gasteiger partial charge in [0.05, 0.1) is 12.6 Å². The maximum Gasteiger partial charge on any atom is 0.328 e. The van der Waals surface area contributed by atoms with Gasteiger partial charge in [0.1, 0.15) is 6.54 Å². The highest BCUT2D eigenvalue weighted by Gasteiger charge is 2.41. The lowest BCUT2D eigenvalue weighted by molar-refractivity contribution is -0.386. The highest BCUT2D eigenvalue weighted by atomic mass is 16.4. The molecule has 1 atom stereocenters. The van der Waals surface area contributed by atoms with E-state index in [0.717, 1.165) is 10.5 Å². The maximum atomic E-state index is 12.2. The van der Waals surface area contributed by atoms with Crippen LogP contribution in [0.15, 0.2) is 24.3 Å². The molecule has 1 aliphatic heterocycles. The number of benzene rings is 1. The molecule has 1 aliphatic rings. The zero-order chi connectivity index (χ0) is 17.7. The van der Waals surface area contributed by atoms with Gasteiger partial charge in [0.25, 0.3) is 0 Å². The van der Waals surface area contributed by atoms with Crippen LogP contribution in [0.25, 0.3) is 0 Å². The summed E-state index contributed by atoms with van der Waals surface area (Å²) in [5.41, 5.74) is 5.30. The first kappa shape index (κ1) is 17.4. The van der Waals surface area contributed by atoms with Crippen molar-refractivity contribution in [2.75, 3.05) is 11.9 Å². The van der Waals surface area contributed by atoms with Crippen LogP contribution in [0.1, 0.15) is 18.4 Å². The minimum absolute atomic E-state index is 0.0777. The van der Waals surface area contributed by atoms with Crippen LogP contribution < -0.4 is 16.4 Å². The molecule has 1 unspecified atom stereocenters. The Balaban J connectivity index is 1.90. The van der Waals surface area contributed by atoms with Crippen LogP contribution >= 0.6 is 0 Å². The van der Waals surface area contributed by atoms with Crippen LogP contribution in [-0.4, -0.2) is 46.4 Å². The van der Waals surface area contributed by atoms with Crippen LogP contribution in [0.5, 0.6) is 0 Å². The molecule has 24 heavy (non-hydrogen) atoms. The van der Waals surface area contributed by atoms with E-state index in [-0.39, 0.29) is 18.7 Å². The molecule has 4 amide bonds. The minimum Gasteiger partial charge on any atom is -0.480 e. The maximum absolute atomic E-state index is 12.2. The monoisotopic (exact) mass is 335 g/mol. The Morgan fingerprint density at radius 1 is 1.25 bits per heavy atom. The fraction of sp³-hybridized carbons (Fsp3) is 0.333. The van der Waals surface area contributed by atoms with E-state index in [0.29, 0.717) is 12.2 Å². The lowest BCUT2D eigenvalue weighted by Crippen LogP contribution is -2.58. The first-order chi connectivity index (χ1) is 11.4. The summed E-state index contributed by atoms with van der Waals surface area (Å²) in [4.78, 5) is 46.8. The molecule has 9 nitrogen and oxygen atoms in total. The molecule has 0 bridgehead atoms. The van der Waals surface area contributed by atoms with Gasteiger partial charge in [0.15, 0.2) is 0 Å². The van der Waals surface area contributed by atoms with Crippen molar-refractivity contribution < 1.29 is 30.0 Å². The van der Waals surface area contributed by atoms with E-state index in [9.17, 15) is 19.2 Å². The molecule has 128 valence electrons. The van der Waals surface area contributed by atoms with Crippen molar-refractivity contribution in [2.24, 2.45) is 0 Å². The van der Waals surface area contributed by atoms with E-state index >= 15 is 0 Å². The first-order valence-corrected chi connectivity index (χ1v) is 7.40. The zero-order valence-corrected chi connectivity index (χ0v) is 12.9. The highest BCUT2D eigenvalue weighted by Crippen LogP contribution is 2.23. The van der Waals surface area contributed by atoms with Crippen LogP contribution in [0.4, 0.5) is 10.5 Å². The normalized spacial score (nSPS) is 16.3. The number of likely N-dealkylation sites (tertiary alicyclic amines) is 1. The van der Waals surface area contributed by atoms with E-state index < -0.39 is 30.5 Å². The van der Waals surface area contributed by atoms with Crippen molar-refractivity contribution in [3.8, 4) is 0 Å². The molecule has 2 rings (SSSR count). The van der Waals surface area contributed by atoms with Crippen LogP contribution in [0.3, 0.4) is 0 Å². The van der Waals surface area contributed by atoms with Gasteiger partial charge in [-0.2, -0.15) is 0 Å². The van der Waals surface area contributed by atoms with Crippen molar-refractivity contribution >= 4 is 29.5 Å². The Morgan fingerprint density at radius 2 is 1.92 bits per heavy atom. The number of hydrogen-bond donors (Lipinski definition) is 4. The molecule has 1 fully saturated rings. The van der Waals surface area contributed by atoms with Crippen molar-refractivity contribution in [2.45, 2.75) is 25.4 Å². The number of carbonyl (C=O) groups excluding carboxylic acids is 3. The Hall–Kier alpha value is -2.94. The van der Waals surface area contributed by atoms with Gasteiger partial charge in [-0.05, 0) is 12.1 Å². The van der Waals surface area contributed by atoms with Crippen LogP contribution in [0.2, 0.25) is 0 Å². The molecule has 0 aliphatic carbocycles. The number of imide groups is 1. The third kappa shape index (κ3) is 4.29. The number of nitrogens with zero attached hydrogens (tertiary/aromatic N) is 1. The van der Waals surface area contributed by atoms with E-state index in [1.165, 1.54) is 0 Å². The van der Waals surface area contributed by atoms with Gasteiger partial charge in [0.2, 0.25) is 11.8 Å². The minimum atomic E-state index is -1.16. The Kier molecular flexibility index (Phi) is 5.48. The number of carboxylic acids is 1. The fourth-order valence-corrected chi connectivity index (χ4v) is 2.32.